The lowest BCUT2D eigenvalue weighted by atomic mass is 10.1. The van der Waals surface area contributed by atoms with Crippen LogP contribution < -0.4 is 10.6 Å². The third-order valence-corrected chi connectivity index (χ3v) is 2.93. The predicted molar refractivity (Wildman–Crippen MR) is 77.5 cm³/mol. The molecule has 21 heavy (non-hydrogen) atoms. The molecule has 2 amide bonds. The Labute approximate surface area is 123 Å². The summed E-state index contributed by atoms with van der Waals surface area (Å²) in [4.78, 5) is 22.4. The van der Waals surface area contributed by atoms with E-state index in [4.69, 9.17) is 10.4 Å². The summed E-state index contributed by atoms with van der Waals surface area (Å²) in [7, 11) is 0. The van der Waals surface area contributed by atoms with Crippen molar-refractivity contribution < 1.29 is 14.7 Å². The Balaban J connectivity index is 2.44. The number of aliphatic carboxylic acids is 1. The Bertz CT molecular complexity index is 520. The van der Waals surface area contributed by atoms with E-state index in [2.05, 4.69) is 10.6 Å². The molecule has 0 saturated heterocycles. The monoisotopic (exact) mass is 289 g/mol. The molecular weight excluding hydrogens is 270 g/mol. The Morgan fingerprint density at radius 3 is 2.52 bits per heavy atom. The maximum Gasteiger partial charge on any atom is 0.315 e. The van der Waals surface area contributed by atoms with Crippen molar-refractivity contribution in [1.29, 1.82) is 5.26 Å². The Hall–Kier alpha value is -2.55. The summed E-state index contributed by atoms with van der Waals surface area (Å²) in [5, 5.41) is 22.8. The SMILES string of the molecule is CCCC(CC(=O)O)NC(=O)NCc1ccc(C#N)cc1. The van der Waals surface area contributed by atoms with E-state index in [1.807, 2.05) is 13.0 Å². The smallest absolute Gasteiger partial charge is 0.315 e. The van der Waals surface area contributed by atoms with Gasteiger partial charge in [0.25, 0.3) is 0 Å². The van der Waals surface area contributed by atoms with E-state index < -0.39 is 5.97 Å². The summed E-state index contributed by atoms with van der Waals surface area (Å²) in [6, 6.07) is 8.15. The molecule has 0 aliphatic heterocycles. The lowest BCUT2D eigenvalue weighted by molar-refractivity contribution is -0.137. The molecule has 0 fully saturated rings. The van der Waals surface area contributed by atoms with E-state index >= 15 is 0 Å². The molecule has 6 heteroatoms. The molecule has 6 nitrogen and oxygen atoms in total. The minimum Gasteiger partial charge on any atom is -0.481 e. The van der Waals surface area contributed by atoms with Gasteiger partial charge < -0.3 is 15.7 Å². The molecule has 1 atom stereocenters. The fourth-order valence-electron chi connectivity index (χ4n) is 1.90. The molecule has 1 unspecified atom stereocenters. The quantitative estimate of drug-likeness (QED) is 0.714. The summed E-state index contributed by atoms with van der Waals surface area (Å²) in [5.74, 6) is -0.930. The third kappa shape index (κ3) is 6.43. The van der Waals surface area contributed by atoms with Crippen LogP contribution in [0.3, 0.4) is 0 Å². The molecule has 1 aromatic rings. The Morgan fingerprint density at radius 2 is 2.00 bits per heavy atom. The second-order valence-electron chi connectivity index (χ2n) is 4.72. The fraction of sp³-hybridized carbons (Fsp3) is 0.400. The molecule has 0 aromatic heterocycles. The van der Waals surface area contributed by atoms with Crippen molar-refractivity contribution in [3.05, 3.63) is 35.4 Å². The van der Waals surface area contributed by atoms with Gasteiger partial charge in [0.1, 0.15) is 0 Å². The average molecular weight is 289 g/mol. The van der Waals surface area contributed by atoms with Gasteiger partial charge in [0.15, 0.2) is 0 Å². The van der Waals surface area contributed by atoms with Crippen LogP contribution in [0.5, 0.6) is 0 Å². The second-order valence-corrected chi connectivity index (χ2v) is 4.72. The summed E-state index contributed by atoms with van der Waals surface area (Å²) in [6.07, 6.45) is 1.34. The zero-order valence-electron chi connectivity index (χ0n) is 11.9. The zero-order chi connectivity index (χ0) is 15.7. The highest BCUT2D eigenvalue weighted by atomic mass is 16.4. The lowest BCUT2D eigenvalue weighted by Gasteiger charge is -2.16. The van der Waals surface area contributed by atoms with Gasteiger partial charge in [-0.15, -0.1) is 0 Å². The second kappa shape index (κ2) is 8.59. The molecule has 1 aromatic carbocycles. The first kappa shape index (κ1) is 16.5. The molecule has 0 heterocycles. The van der Waals surface area contributed by atoms with Crippen LogP contribution in [0, 0.1) is 11.3 Å². The minimum absolute atomic E-state index is 0.0852. The number of carboxylic acids is 1. The highest BCUT2D eigenvalue weighted by Gasteiger charge is 2.14. The van der Waals surface area contributed by atoms with E-state index in [-0.39, 0.29) is 18.5 Å². The molecule has 0 bridgehead atoms. The number of benzene rings is 1. The topological polar surface area (TPSA) is 102 Å². The van der Waals surface area contributed by atoms with Gasteiger partial charge in [-0.05, 0) is 24.1 Å². The highest BCUT2D eigenvalue weighted by Crippen LogP contribution is 2.04. The maximum absolute atomic E-state index is 11.7. The van der Waals surface area contributed by atoms with E-state index in [0.717, 1.165) is 12.0 Å². The number of amides is 2. The molecule has 0 aliphatic rings. The predicted octanol–water partition coefficient (Wildman–Crippen LogP) is 2.00. The maximum atomic E-state index is 11.7. The first-order valence-electron chi connectivity index (χ1n) is 6.80. The number of hydrogen-bond donors (Lipinski definition) is 3. The van der Waals surface area contributed by atoms with Gasteiger partial charge in [-0.3, -0.25) is 4.79 Å². The molecule has 112 valence electrons. The van der Waals surface area contributed by atoms with Gasteiger partial charge in [0.05, 0.1) is 18.1 Å². The van der Waals surface area contributed by atoms with Crippen LogP contribution in [0.2, 0.25) is 0 Å². The number of carbonyl (C=O) groups excluding carboxylic acids is 1. The number of nitrogens with zero attached hydrogens (tertiary/aromatic N) is 1. The van der Waals surface area contributed by atoms with Crippen molar-refractivity contribution in [2.75, 3.05) is 0 Å². The molecule has 1 rings (SSSR count). The molecule has 0 radical (unpaired) electrons. The van der Waals surface area contributed by atoms with Gasteiger partial charge in [0.2, 0.25) is 0 Å². The van der Waals surface area contributed by atoms with Gasteiger partial charge in [0, 0.05) is 12.6 Å². The number of carboxylic acid groups (broad SMARTS) is 1. The van der Waals surface area contributed by atoms with Gasteiger partial charge in [-0.25, -0.2) is 4.79 Å². The van der Waals surface area contributed by atoms with Crippen LogP contribution in [0.4, 0.5) is 4.79 Å². The number of urea groups is 1. The molecule has 0 saturated carbocycles. The van der Waals surface area contributed by atoms with Crippen molar-refractivity contribution in [2.24, 2.45) is 0 Å². The largest absolute Gasteiger partial charge is 0.481 e. The van der Waals surface area contributed by atoms with Crippen LogP contribution in [-0.4, -0.2) is 23.1 Å². The number of nitriles is 1. The highest BCUT2D eigenvalue weighted by molar-refractivity contribution is 5.75. The summed E-state index contributed by atoms with van der Waals surface area (Å²) >= 11 is 0. The Kier molecular flexibility index (Phi) is 6.75. The molecular formula is C15H19N3O3. The molecule has 0 spiro atoms. The molecule has 0 aliphatic carbocycles. The lowest BCUT2D eigenvalue weighted by Crippen LogP contribution is -2.42. The van der Waals surface area contributed by atoms with Crippen LogP contribution in [0.1, 0.15) is 37.3 Å². The zero-order valence-corrected chi connectivity index (χ0v) is 11.9. The van der Waals surface area contributed by atoms with Crippen molar-refractivity contribution in [2.45, 2.75) is 38.8 Å². The third-order valence-electron chi connectivity index (χ3n) is 2.93. The number of nitrogens with one attached hydrogen (secondary N) is 2. The van der Waals surface area contributed by atoms with E-state index in [1.165, 1.54) is 0 Å². The summed E-state index contributed by atoms with van der Waals surface area (Å²) in [5.41, 5.74) is 1.43. The van der Waals surface area contributed by atoms with Gasteiger partial charge in [-0.1, -0.05) is 25.5 Å². The van der Waals surface area contributed by atoms with E-state index in [1.54, 1.807) is 24.3 Å². The molecule has 3 N–H and O–H groups in total. The first-order valence-corrected chi connectivity index (χ1v) is 6.80. The van der Waals surface area contributed by atoms with Gasteiger partial charge in [-0.2, -0.15) is 5.26 Å². The summed E-state index contributed by atoms with van der Waals surface area (Å²) in [6.45, 7) is 2.26. The first-order chi connectivity index (χ1) is 10.0. The van der Waals surface area contributed by atoms with Crippen LogP contribution in [0.25, 0.3) is 0 Å². The fourth-order valence-corrected chi connectivity index (χ4v) is 1.90. The van der Waals surface area contributed by atoms with Gasteiger partial charge >= 0.3 is 12.0 Å². The van der Waals surface area contributed by atoms with Crippen molar-refractivity contribution in [3.8, 4) is 6.07 Å². The number of rotatable bonds is 7. The number of hydrogen-bond acceptors (Lipinski definition) is 3. The van der Waals surface area contributed by atoms with E-state index in [0.29, 0.717) is 18.5 Å². The standard InChI is InChI=1S/C15H19N3O3/c1-2-3-13(8-14(19)20)18-15(21)17-10-12-6-4-11(9-16)5-7-12/h4-7,13H,2-3,8,10H2,1H3,(H,19,20)(H2,17,18,21). The average Bonchev–Trinajstić information content (AvgIpc) is 2.45. The Morgan fingerprint density at radius 1 is 1.33 bits per heavy atom. The van der Waals surface area contributed by atoms with E-state index in [9.17, 15) is 9.59 Å². The van der Waals surface area contributed by atoms with Crippen LogP contribution >= 0.6 is 0 Å². The van der Waals surface area contributed by atoms with Crippen LogP contribution in [-0.2, 0) is 11.3 Å². The minimum atomic E-state index is -0.930. The normalized spacial score (nSPS) is 11.2. The van der Waals surface area contributed by atoms with Crippen LogP contribution in [0.15, 0.2) is 24.3 Å². The van der Waals surface area contributed by atoms with Crippen molar-refractivity contribution in [1.82, 2.24) is 10.6 Å². The van der Waals surface area contributed by atoms with Crippen molar-refractivity contribution in [3.63, 3.8) is 0 Å². The summed E-state index contributed by atoms with van der Waals surface area (Å²) < 4.78 is 0. The van der Waals surface area contributed by atoms with Crippen molar-refractivity contribution >= 4 is 12.0 Å². The number of carbonyl (C=O) groups is 2.